The van der Waals surface area contributed by atoms with Gasteiger partial charge in [-0.2, -0.15) is 5.10 Å². The number of carbonyl (C=O) groups is 1. The first kappa shape index (κ1) is 18.0. The highest BCUT2D eigenvalue weighted by molar-refractivity contribution is 5.74. The lowest BCUT2D eigenvalue weighted by atomic mass is 9.99. The Balaban J connectivity index is 1.90. The predicted molar refractivity (Wildman–Crippen MR) is 93.7 cm³/mol. The van der Waals surface area contributed by atoms with Gasteiger partial charge >= 0.3 is 6.03 Å². The summed E-state index contributed by atoms with van der Waals surface area (Å²) in [7, 11) is 1.78. The maximum absolute atomic E-state index is 12.0. The van der Waals surface area contributed by atoms with E-state index in [0.29, 0.717) is 12.1 Å². The molecule has 6 heteroatoms. The van der Waals surface area contributed by atoms with Crippen molar-refractivity contribution in [2.45, 2.75) is 39.8 Å². The molecule has 0 fully saturated rings. The minimum atomic E-state index is -1.17. The largest absolute Gasteiger partial charge is 0.383 e. The van der Waals surface area contributed by atoms with Crippen LogP contribution in [0.15, 0.2) is 24.5 Å². The zero-order valence-corrected chi connectivity index (χ0v) is 15.0. The third-order valence-electron chi connectivity index (χ3n) is 4.19. The molecule has 0 aliphatic heterocycles. The Kier molecular flexibility index (Phi) is 5.29. The zero-order chi connectivity index (χ0) is 17.9. The molecule has 0 bridgehead atoms. The SMILES string of the molecule is Cc1cc(C)c(CNC(=O)NCC(C)(O)c2cnn(C)c2)c(C)c1. The van der Waals surface area contributed by atoms with E-state index in [1.807, 2.05) is 13.8 Å². The number of aromatic nitrogens is 2. The van der Waals surface area contributed by atoms with Gasteiger partial charge in [-0.3, -0.25) is 4.68 Å². The maximum atomic E-state index is 12.0. The summed E-state index contributed by atoms with van der Waals surface area (Å²) in [5, 5.41) is 20.1. The first-order chi connectivity index (χ1) is 11.2. The summed E-state index contributed by atoms with van der Waals surface area (Å²) in [6.07, 6.45) is 3.33. The Bertz CT molecular complexity index is 711. The molecule has 24 heavy (non-hydrogen) atoms. The molecule has 6 nitrogen and oxygen atoms in total. The number of urea groups is 1. The van der Waals surface area contributed by atoms with Crippen molar-refractivity contribution < 1.29 is 9.90 Å². The molecule has 2 rings (SSSR count). The van der Waals surface area contributed by atoms with Gasteiger partial charge in [0, 0.05) is 25.4 Å². The smallest absolute Gasteiger partial charge is 0.315 e. The fourth-order valence-corrected chi connectivity index (χ4v) is 2.77. The third kappa shape index (κ3) is 4.35. The van der Waals surface area contributed by atoms with Gasteiger partial charge in [0.2, 0.25) is 0 Å². The van der Waals surface area contributed by atoms with E-state index in [9.17, 15) is 9.90 Å². The first-order valence-electron chi connectivity index (χ1n) is 7.99. The number of aliphatic hydroxyl groups is 1. The number of benzene rings is 1. The summed E-state index contributed by atoms with van der Waals surface area (Å²) in [6, 6.07) is 3.91. The van der Waals surface area contributed by atoms with E-state index in [1.54, 1.807) is 31.0 Å². The molecule has 2 amide bonds. The predicted octanol–water partition coefficient (Wildman–Crippen LogP) is 2.05. The molecular weight excluding hydrogens is 304 g/mol. The van der Waals surface area contributed by atoms with Crippen LogP contribution < -0.4 is 10.6 Å². The molecule has 0 saturated carbocycles. The molecule has 0 aliphatic carbocycles. The van der Waals surface area contributed by atoms with Crippen molar-refractivity contribution in [2.75, 3.05) is 6.54 Å². The summed E-state index contributed by atoms with van der Waals surface area (Å²) in [5.74, 6) is 0. The molecule has 1 heterocycles. The van der Waals surface area contributed by atoms with Crippen LogP contribution in [-0.4, -0.2) is 27.5 Å². The van der Waals surface area contributed by atoms with E-state index in [4.69, 9.17) is 0 Å². The molecule has 0 saturated heterocycles. The molecule has 2 aromatic rings. The van der Waals surface area contributed by atoms with Crippen molar-refractivity contribution >= 4 is 6.03 Å². The lowest BCUT2D eigenvalue weighted by Gasteiger charge is -2.22. The van der Waals surface area contributed by atoms with Crippen LogP contribution in [0.3, 0.4) is 0 Å². The highest BCUT2D eigenvalue weighted by Gasteiger charge is 2.25. The van der Waals surface area contributed by atoms with Gasteiger partial charge < -0.3 is 15.7 Å². The Morgan fingerprint density at radius 3 is 2.42 bits per heavy atom. The molecule has 0 radical (unpaired) electrons. The molecule has 1 aromatic carbocycles. The minimum Gasteiger partial charge on any atom is -0.383 e. The number of aryl methyl sites for hydroxylation is 4. The second-order valence-corrected chi connectivity index (χ2v) is 6.59. The summed E-state index contributed by atoms with van der Waals surface area (Å²) >= 11 is 0. The van der Waals surface area contributed by atoms with Crippen LogP contribution >= 0.6 is 0 Å². The molecular formula is C18H26N4O2. The van der Waals surface area contributed by atoms with Gasteiger partial charge in [0.05, 0.1) is 12.7 Å². The van der Waals surface area contributed by atoms with Crippen LogP contribution in [0.25, 0.3) is 0 Å². The molecule has 130 valence electrons. The van der Waals surface area contributed by atoms with Crippen LogP contribution in [0.2, 0.25) is 0 Å². The normalized spacial score (nSPS) is 13.4. The molecule has 3 N–H and O–H groups in total. The Labute approximate surface area is 142 Å². The maximum Gasteiger partial charge on any atom is 0.315 e. The Morgan fingerprint density at radius 1 is 1.25 bits per heavy atom. The number of nitrogens with one attached hydrogen (secondary N) is 2. The van der Waals surface area contributed by atoms with Crippen molar-refractivity contribution in [3.05, 3.63) is 52.3 Å². The van der Waals surface area contributed by atoms with Crippen LogP contribution in [0.5, 0.6) is 0 Å². The van der Waals surface area contributed by atoms with Crippen molar-refractivity contribution in [1.82, 2.24) is 20.4 Å². The molecule has 0 aliphatic rings. The Morgan fingerprint density at radius 2 is 1.88 bits per heavy atom. The topological polar surface area (TPSA) is 79.2 Å². The van der Waals surface area contributed by atoms with E-state index in [0.717, 1.165) is 16.7 Å². The van der Waals surface area contributed by atoms with Gasteiger partial charge in [-0.25, -0.2) is 4.79 Å². The van der Waals surface area contributed by atoms with E-state index in [2.05, 4.69) is 34.8 Å². The second kappa shape index (κ2) is 7.05. The number of nitrogens with zero attached hydrogens (tertiary/aromatic N) is 2. The summed E-state index contributed by atoms with van der Waals surface area (Å²) in [6.45, 7) is 8.36. The van der Waals surface area contributed by atoms with Gasteiger partial charge in [-0.15, -0.1) is 0 Å². The Hall–Kier alpha value is -2.34. The van der Waals surface area contributed by atoms with Gasteiger partial charge in [0.1, 0.15) is 5.60 Å². The van der Waals surface area contributed by atoms with Crippen LogP contribution in [0, 0.1) is 20.8 Å². The summed E-state index contributed by atoms with van der Waals surface area (Å²) in [5.41, 5.74) is 4.16. The summed E-state index contributed by atoms with van der Waals surface area (Å²) < 4.78 is 1.62. The number of amides is 2. The van der Waals surface area contributed by atoms with Gasteiger partial charge in [0.15, 0.2) is 0 Å². The van der Waals surface area contributed by atoms with Crippen molar-refractivity contribution in [3.63, 3.8) is 0 Å². The van der Waals surface area contributed by atoms with Gasteiger partial charge in [-0.05, 0) is 44.4 Å². The molecule has 1 unspecified atom stereocenters. The van der Waals surface area contributed by atoms with E-state index in [1.165, 1.54) is 5.56 Å². The summed E-state index contributed by atoms with van der Waals surface area (Å²) in [4.78, 5) is 12.0. The van der Waals surface area contributed by atoms with Crippen LogP contribution in [-0.2, 0) is 19.2 Å². The van der Waals surface area contributed by atoms with Gasteiger partial charge in [0.25, 0.3) is 0 Å². The molecule has 0 spiro atoms. The quantitative estimate of drug-likeness (QED) is 0.785. The minimum absolute atomic E-state index is 0.108. The number of hydrogen-bond acceptors (Lipinski definition) is 3. The number of rotatable bonds is 5. The first-order valence-corrected chi connectivity index (χ1v) is 7.99. The van der Waals surface area contributed by atoms with Crippen molar-refractivity contribution in [1.29, 1.82) is 0 Å². The van der Waals surface area contributed by atoms with Gasteiger partial charge in [-0.1, -0.05) is 17.7 Å². The molecule has 1 atom stereocenters. The van der Waals surface area contributed by atoms with Crippen molar-refractivity contribution in [2.24, 2.45) is 7.05 Å². The van der Waals surface area contributed by atoms with Crippen molar-refractivity contribution in [3.8, 4) is 0 Å². The fourth-order valence-electron chi connectivity index (χ4n) is 2.77. The standard InChI is InChI=1S/C18H26N4O2/c1-12-6-13(2)16(14(3)7-12)9-19-17(23)20-11-18(4,24)15-8-21-22(5)10-15/h6-8,10,24H,9,11H2,1-5H3,(H2,19,20,23). The van der Waals surface area contributed by atoms with E-state index < -0.39 is 5.60 Å². The average Bonchev–Trinajstić information content (AvgIpc) is 2.91. The van der Waals surface area contributed by atoms with Crippen LogP contribution in [0.1, 0.15) is 34.7 Å². The van der Waals surface area contributed by atoms with Crippen LogP contribution in [0.4, 0.5) is 4.79 Å². The fraction of sp³-hybridized carbons (Fsp3) is 0.444. The lowest BCUT2D eigenvalue weighted by Crippen LogP contribution is -2.43. The number of carbonyl (C=O) groups excluding carboxylic acids is 1. The molecule has 1 aromatic heterocycles. The third-order valence-corrected chi connectivity index (χ3v) is 4.19. The monoisotopic (exact) mass is 330 g/mol. The zero-order valence-electron chi connectivity index (χ0n) is 15.0. The van der Waals surface area contributed by atoms with E-state index in [-0.39, 0.29) is 12.6 Å². The second-order valence-electron chi connectivity index (χ2n) is 6.59. The average molecular weight is 330 g/mol. The highest BCUT2D eigenvalue weighted by atomic mass is 16.3. The highest BCUT2D eigenvalue weighted by Crippen LogP contribution is 2.18. The number of hydrogen-bond donors (Lipinski definition) is 3. The van der Waals surface area contributed by atoms with E-state index >= 15 is 0 Å². The lowest BCUT2D eigenvalue weighted by molar-refractivity contribution is 0.0593.